The second-order valence-electron chi connectivity index (χ2n) is 4.50. The predicted octanol–water partition coefficient (Wildman–Crippen LogP) is 2.98. The molecule has 0 radical (unpaired) electrons. The summed E-state index contributed by atoms with van der Waals surface area (Å²) in [6, 6.07) is 7.99. The summed E-state index contributed by atoms with van der Waals surface area (Å²) in [7, 11) is 1.91. The second kappa shape index (κ2) is 5.50. The van der Waals surface area contributed by atoms with Crippen LogP contribution in [0.25, 0.3) is 5.69 Å². The van der Waals surface area contributed by atoms with Crippen LogP contribution in [-0.4, -0.2) is 19.6 Å². The minimum atomic E-state index is 0.732. The van der Waals surface area contributed by atoms with Crippen molar-refractivity contribution in [2.75, 3.05) is 5.32 Å². The van der Waals surface area contributed by atoms with Crippen LogP contribution in [0.2, 0.25) is 0 Å². The van der Waals surface area contributed by atoms with Crippen LogP contribution < -0.4 is 5.32 Å². The second-order valence-corrected chi connectivity index (χ2v) is 5.36. The van der Waals surface area contributed by atoms with E-state index in [1.165, 1.54) is 0 Å². The van der Waals surface area contributed by atoms with Crippen molar-refractivity contribution in [3.05, 3.63) is 59.1 Å². The molecular formula is C14H14BrN5. The zero-order valence-corrected chi connectivity index (χ0v) is 12.6. The lowest BCUT2D eigenvalue weighted by atomic mass is 10.3. The number of hydrogen-bond donors (Lipinski definition) is 1. The molecule has 0 aliphatic heterocycles. The van der Waals surface area contributed by atoms with Crippen molar-refractivity contribution in [2.24, 2.45) is 7.05 Å². The SMILES string of the molecule is Cn1cc(CNc2cnn(-c3ccccc3Br)c2)cn1. The van der Waals surface area contributed by atoms with Gasteiger partial charge in [0.1, 0.15) is 0 Å². The van der Waals surface area contributed by atoms with E-state index >= 15 is 0 Å². The quantitative estimate of drug-likeness (QED) is 0.799. The molecule has 0 unspecified atom stereocenters. The van der Waals surface area contributed by atoms with Crippen LogP contribution in [-0.2, 0) is 13.6 Å². The number of hydrogen-bond acceptors (Lipinski definition) is 3. The summed E-state index contributed by atoms with van der Waals surface area (Å²) in [4.78, 5) is 0. The Balaban J connectivity index is 1.72. The van der Waals surface area contributed by atoms with Crippen molar-refractivity contribution in [3.63, 3.8) is 0 Å². The Morgan fingerprint density at radius 1 is 1.15 bits per heavy atom. The van der Waals surface area contributed by atoms with E-state index in [0.29, 0.717) is 0 Å². The summed E-state index contributed by atoms with van der Waals surface area (Å²) in [5, 5.41) is 11.8. The van der Waals surface area contributed by atoms with Gasteiger partial charge in [0, 0.05) is 29.8 Å². The van der Waals surface area contributed by atoms with Crippen LogP contribution in [0.5, 0.6) is 0 Å². The Bertz CT molecular complexity index is 716. The van der Waals surface area contributed by atoms with Gasteiger partial charge in [-0.15, -0.1) is 0 Å². The fraction of sp³-hybridized carbons (Fsp3) is 0.143. The molecule has 102 valence electrons. The molecule has 5 nitrogen and oxygen atoms in total. The Hall–Kier alpha value is -2.08. The first-order valence-electron chi connectivity index (χ1n) is 6.23. The van der Waals surface area contributed by atoms with Gasteiger partial charge >= 0.3 is 0 Å². The summed E-state index contributed by atoms with van der Waals surface area (Å²) in [6.45, 7) is 0.732. The van der Waals surface area contributed by atoms with Gasteiger partial charge in [-0.25, -0.2) is 4.68 Å². The van der Waals surface area contributed by atoms with E-state index in [1.807, 2.05) is 60.8 Å². The lowest BCUT2D eigenvalue weighted by molar-refractivity contribution is 0.767. The molecule has 1 N–H and O–H groups in total. The standard InChI is InChI=1S/C14H14BrN5/c1-19-9-11(7-17-19)6-16-12-8-18-20(10-12)14-5-3-2-4-13(14)15/h2-5,7-10,16H,6H2,1H3. The number of aromatic nitrogens is 4. The smallest absolute Gasteiger partial charge is 0.0788 e. The maximum Gasteiger partial charge on any atom is 0.0788 e. The van der Waals surface area contributed by atoms with Gasteiger partial charge < -0.3 is 5.32 Å². The minimum absolute atomic E-state index is 0.732. The summed E-state index contributed by atoms with van der Waals surface area (Å²) in [5.41, 5.74) is 3.13. The molecule has 1 aromatic carbocycles. The van der Waals surface area contributed by atoms with Crippen molar-refractivity contribution >= 4 is 21.6 Å². The van der Waals surface area contributed by atoms with Gasteiger partial charge in [0.05, 0.1) is 30.0 Å². The molecule has 3 aromatic rings. The van der Waals surface area contributed by atoms with Gasteiger partial charge in [-0.3, -0.25) is 4.68 Å². The van der Waals surface area contributed by atoms with Gasteiger partial charge in [-0.05, 0) is 28.1 Å². The fourth-order valence-corrected chi connectivity index (χ4v) is 2.42. The highest BCUT2D eigenvalue weighted by atomic mass is 79.9. The predicted molar refractivity (Wildman–Crippen MR) is 81.8 cm³/mol. The molecule has 0 aliphatic carbocycles. The average molecular weight is 332 g/mol. The molecule has 0 fully saturated rings. The number of para-hydroxylation sites is 1. The van der Waals surface area contributed by atoms with E-state index in [4.69, 9.17) is 0 Å². The third kappa shape index (κ3) is 2.75. The molecule has 6 heteroatoms. The Morgan fingerprint density at radius 2 is 2.00 bits per heavy atom. The molecule has 0 spiro atoms. The number of nitrogens with one attached hydrogen (secondary N) is 1. The molecule has 2 heterocycles. The summed E-state index contributed by atoms with van der Waals surface area (Å²) >= 11 is 3.53. The highest BCUT2D eigenvalue weighted by Gasteiger charge is 2.04. The fourth-order valence-electron chi connectivity index (χ4n) is 1.95. The van der Waals surface area contributed by atoms with Crippen LogP contribution in [0.4, 0.5) is 5.69 Å². The first-order chi connectivity index (χ1) is 9.72. The van der Waals surface area contributed by atoms with Crippen LogP contribution in [0.15, 0.2) is 53.5 Å². The van der Waals surface area contributed by atoms with E-state index < -0.39 is 0 Å². The Labute approximate surface area is 125 Å². The highest BCUT2D eigenvalue weighted by molar-refractivity contribution is 9.10. The normalized spacial score (nSPS) is 10.7. The molecule has 2 aromatic heterocycles. The van der Waals surface area contributed by atoms with E-state index in [0.717, 1.165) is 28.0 Å². The molecule has 20 heavy (non-hydrogen) atoms. The van der Waals surface area contributed by atoms with E-state index in [-0.39, 0.29) is 0 Å². The number of aryl methyl sites for hydroxylation is 1. The van der Waals surface area contributed by atoms with Gasteiger partial charge in [-0.1, -0.05) is 12.1 Å². The van der Waals surface area contributed by atoms with Gasteiger partial charge in [-0.2, -0.15) is 10.2 Å². The first kappa shape index (κ1) is 12.9. The van der Waals surface area contributed by atoms with Crippen molar-refractivity contribution in [1.82, 2.24) is 19.6 Å². The third-order valence-corrected chi connectivity index (χ3v) is 3.61. The highest BCUT2D eigenvalue weighted by Crippen LogP contribution is 2.21. The van der Waals surface area contributed by atoms with E-state index in [9.17, 15) is 0 Å². The summed E-state index contributed by atoms with van der Waals surface area (Å²) in [6.07, 6.45) is 7.63. The molecule has 0 amide bonds. The number of halogens is 1. The molecule has 0 bridgehead atoms. The molecule has 0 saturated carbocycles. The average Bonchev–Trinajstić information content (AvgIpc) is 3.06. The summed E-state index contributed by atoms with van der Waals surface area (Å²) in [5.74, 6) is 0. The van der Waals surface area contributed by atoms with Gasteiger partial charge in [0.25, 0.3) is 0 Å². The zero-order chi connectivity index (χ0) is 13.9. The summed E-state index contributed by atoms with van der Waals surface area (Å²) < 4.78 is 4.65. The number of nitrogens with zero attached hydrogens (tertiary/aromatic N) is 4. The number of benzene rings is 1. The van der Waals surface area contributed by atoms with Gasteiger partial charge in [0.2, 0.25) is 0 Å². The van der Waals surface area contributed by atoms with E-state index in [1.54, 1.807) is 4.68 Å². The van der Waals surface area contributed by atoms with Crippen molar-refractivity contribution in [1.29, 1.82) is 0 Å². The molecular weight excluding hydrogens is 318 g/mol. The third-order valence-electron chi connectivity index (χ3n) is 2.94. The van der Waals surface area contributed by atoms with Crippen LogP contribution in [0, 0.1) is 0 Å². The van der Waals surface area contributed by atoms with Crippen molar-refractivity contribution in [3.8, 4) is 5.69 Å². The van der Waals surface area contributed by atoms with Gasteiger partial charge in [0.15, 0.2) is 0 Å². The molecule has 0 atom stereocenters. The van der Waals surface area contributed by atoms with Crippen LogP contribution in [0.1, 0.15) is 5.56 Å². The van der Waals surface area contributed by atoms with E-state index in [2.05, 4.69) is 31.4 Å². The molecule has 3 rings (SSSR count). The van der Waals surface area contributed by atoms with Crippen molar-refractivity contribution < 1.29 is 0 Å². The maximum atomic E-state index is 4.37. The number of anilines is 1. The lowest BCUT2D eigenvalue weighted by Gasteiger charge is -2.03. The maximum absolute atomic E-state index is 4.37. The lowest BCUT2D eigenvalue weighted by Crippen LogP contribution is -1.98. The first-order valence-corrected chi connectivity index (χ1v) is 7.02. The minimum Gasteiger partial charge on any atom is -0.378 e. The monoisotopic (exact) mass is 331 g/mol. The Kier molecular flexibility index (Phi) is 3.56. The number of rotatable bonds is 4. The van der Waals surface area contributed by atoms with Crippen LogP contribution in [0.3, 0.4) is 0 Å². The Morgan fingerprint density at radius 3 is 2.75 bits per heavy atom. The molecule has 0 saturated heterocycles. The largest absolute Gasteiger partial charge is 0.378 e. The zero-order valence-electron chi connectivity index (χ0n) is 11.0. The van der Waals surface area contributed by atoms with Crippen molar-refractivity contribution in [2.45, 2.75) is 6.54 Å². The topological polar surface area (TPSA) is 47.7 Å². The van der Waals surface area contributed by atoms with Crippen LogP contribution >= 0.6 is 15.9 Å². The molecule has 0 aliphatic rings.